The van der Waals surface area contributed by atoms with Crippen molar-refractivity contribution in [3.05, 3.63) is 0 Å². The summed E-state index contributed by atoms with van der Waals surface area (Å²) in [7, 11) is 0. The molecule has 1 heterocycles. The first-order chi connectivity index (χ1) is 9.83. The van der Waals surface area contributed by atoms with Crippen LogP contribution in [0.1, 0.15) is 40.0 Å². The average Bonchev–Trinajstić information content (AvgIpc) is 3.03. The number of hydrogen-bond acceptors (Lipinski definition) is 5. The minimum atomic E-state index is -0.737. The average molecular weight is 295 g/mol. The zero-order valence-electron chi connectivity index (χ0n) is 12.5. The molecule has 21 heavy (non-hydrogen) atoms. The molecule has 3 aliphatic rings. The first kappa shape index (κ1) is 14.4. The lowest BCUT2D eigenvalue weighted by atomic mass is 9.88. The van der Waals surface area contributed by atoms with Gasteiger partial charge in [0.15, 0.2) is 0 Å². The molecule has 3 rings (SSSR count). The molecule has 3 fully saturated rings. The van der Waals surface area contributed by atoms with Gasteiger partial charge in [-0.05, 0) is 19.3 Å². The molecule has 1 saturated heterocycles. The van der Waals surface area contributed by atoms with Gasteiger partial charge in [0, 0.05) is 17.3 Å². The Morgan fingerprint density at radius 3 is 2.76 bits per heavy atom. The topological polar surface area (TPSA) is 81.7 Å². The maximum absolute atomic E-state index is 12.0. The van der Waals surface area contributed by atoms with Crippen molar-refractivity contribution in [1.29, 1.82) is 0 Å². The summed E-state index contributed by atoms with van der Waals surface area (Å²) in [5.74, 6) is -0.162. The Morgan fingerprint density at radius 1 is 1.38 bits per heavy atom. The molecule has 1 aliphatic heterocycles. The fourth-order valence-corrected chi connectivity index (χ4v) is 3.64. The molecule has 5 atom stereocenters. The second-order valence-electron chi connectivity index (χ2n) is 6.96. The van der Waals surface area contributed by atoms with E-state index in [9.17, 15) is 14.4 Å². The first-order valence-corrected chi connectivity index (χ1v) is 7.56. The Morgan fingerprint density at radius 2 is 2.10 bits per heavy atom. The van der Waals surface area contributed by atoms with Crippen molar-refractivity contribution in [3.8, 4) is 0 Å². The number of carbonyl (C=O) groups is 3. The third-order valence-corrected chi connectivity index (χ3v) is 5.37. The van der Waals surface area contributed by atoms with Crippen LogP contribution in [-0.2, 0) is 19.1 Å². The molecule has 2 aliphatic carbocycles. The Hall–Kier alpha value is -1.59. The van der Waals surface area contributed by atoms with E-state index >= 15 is 0 Å². The Labute approximate surface area is 123 Å². The van der Waals surface area contributed by atoms with E-state index in [-0.39, 0.29) is 35.7 Å². The summed E-state index contributed by atoms with van der Waals surface area (Å²) in [5, 5.41) is 2.29. The number of ether oxygens (including phenoxy) is 2. The number of fused-ring (bicyclic) bond motifs is 1. The van der Waals surface area contributed by atoms with Crippen molar-refractivity contribution in [2.75, 3.05) is 0 Å². The Bertz CT molecular complexity index is 500. The molecule has 6 heteroatoms. The Balaban J connectivity index is 1.60. The number of alkyl carbamates (subject to hydrolysis) is 1. The first-order valence-electron chi connectivity index (χ1n) is 7.56. The molecule has 6 nitrogen and oxygen atoms in total. The van der Waals surface area contributed by atoms with Crippen LogP contribution < -0.4 is 5.32 Å². The second-order valence-corrected chi connectivity index (χ2v) is 6.96. The molecule has 1 N–H and O–H groups in total. The standard InChI is InChI=1S/C15H21NO5/c1-4-15(2,3)13(18)16-14(19)21-10-7-5-8-9(6-7)12(17)20-11(8)10/h7-11H,4-6H2,1-3H3,(H,16,18,19). The van der Waals surface area contributed by atoms with Crippen LogP contribution in [-0.4, -0.2) is 30.2 Å². The maximum atomic E-state index is 12.0. The molecule has 0 aromatic carbocycles. The van der Waals surface area contributed by atoms with Crippen molar-refractivity contribution in [2.24, 2.45) is 23.2 Å². The summed E-state index contributed by atoms with van der Waals surface area (Å²) in [4.78, 5) is 35.5. The summed E-state index contributed by atoms with van der Waals surface area (Å²) in [6.45, 7) is 5.44. The maximum Gasteiger partial charge on any atom is 0.414 e. The van der Waals surface area contributed by atoms with Crippen LogP contribution in [0.15, 0.2) is 0 Å². The van der Waals surface area contributed by atoms with Crippen molar-refractivity contribution in [2.45, 2.75) is 52.2 Å². The van der Waals surface area contributed by atoms with Gasteiger partial charge in [0.05, 0.1) is 5.92 Å². The second kappa shape index (κ2) is 4.71. The fourth-order valence-electron chi connectivity index (χ4n) is 3.64. The number of imide groups is 1. The van der Waals surface area contributed by atoms with E-state index in [2.05, 4.69) is 5.32 Å². The normalized spacial score (nSPS) is 36.5. The lowest BCUT2D eigenvalue weighted by molar-refractivity contribution is -0.146. The van der Waals surface area contributed by atoms with Crippen LogP contribution in [0.2, 0.25) is 0 Å². The third kappa shape index (κ3) is 2.21. The summed E-state index contributed by atoms with van der Waals surface area (Å²) < 4.78 is 10.7. The van der Waals surface area contributed by atoms with Crippen LogP contribution >= 0.6 is 0 Å². The molecule has 5 unspecified atom stereocenters. The number of rotatable bonds is 3. The van der Waals surface area contributed by atoms with Crippen LogP contribution in [0.5, 0.6) is 0 Å². The van der Waals surface area contributed by atoms with Gasteiger partial charge in [0.2, 0.25) is 5.91 Å². The number of carbonyl (C=O) groups excluding carboxylic acids is 3. The highest BCUT2D eigenvalue weighted by Gasteiger charge is 2.63. The molecule has 2 amide bonds. The van der Waals surface area contributed by atoms with Gasteiger partial charge in [0.1, 0.15) is 12.2 Å². The minimum Gasteiger partial charge on any atom is -0.458 e. The molecular formula is C15H21NO5. The van der Waals surface area contributed by atoms with E-state index in [0.29, 0.717) is 6.42 Å². The monoisotopic (exact) mass is 295 g/mol. The van der Waals surface area contributed by atoms with Gasteiger partial charge in [-0.25, -0.2) is 4.79 Å². The largest absolute Gasteiger partial charge is 0.458 e. The lowest BCUT2D eigenvalue weighted by Crippen LogP contribution is -2.44. The highest BCUT2D eigenvalue weighted by molar-refractivity contribution is 5.94. The predicted molar refractivity (Wildman–Crippen MR) is 72.1 cm³/mol. The molecule has 0 aromatic rings. The third-order valence-electron chi connectivity index (χ3n) is 5.37. The van der Waals surface area contributed by atoms with Crippen LogP contribution in [0.3, 0.4) is 0 Å². The van der Waals surface area contributed by atoms with E-state index in [0.717, 1.165) is 12.8 Å². The highest BCUT2D eigenvalue weighted by atomic mass is 16.6. The van der Waals surface area contributed by atoms with Crippen molar-refractivity contribution in [3.63, 3.8) is 0 Å². The minimum absolute atomic E-state index is 0.0106. The van der Waals surface area contributed by atoms with Crippen molar-refractivity contribution < 1.29 is 23.9 Å². The number of amides is 2. The molecule has 2 bridgehead atoms. The van der Waals surface area contributed by atoms with Crippen molar-refractivity contribution in [1.82, 2.24) is 5.32 Å². The van der Waals surface area contributed by atoms with E-state index < -0.39 is 17.6 Å². The van der Waals surface area contributed by atoms with E-state index in [1.54, 1.807) is 13.8 Å². The van der Waals surface area contributed by atoms with Crippen LogP contribution in [0.4, 0.5) is 4.79 Å². The van der Waals surface area contributed by atoms with Gasteiger partial charge in [0.25, 0.3) is 0 Å². The van der Waals surface area contributed by atoms with Crippen molar-refractivity contribution >= 4 is 18.0 Å². The summed E-state index contributed by atoms with van der Waals surface area (Å²) in [5.41, 5.74) is -0.612. The number of nitrogens with one attached hydrogen (secondary N) is 1. The number of hydrogen-bond donors (Lipinski definition) is 1. The van der Waals surface area contributed by atoms with E-state index in [1.807, 2.05) is 6.92 Å². The van der Waals surface area contributed by atoms with Gasteiger partial charge >= 0.3 is 12.1 Å². The van der Waals surface area contributed by atoms with Gasteiger partial charge < -0.3 is 9.47 Å². The zero-order chi connectivity index (χ0) is 15.4. The molecular weight excluding hydrogens is 274 g/mol. The fraction of sp³-hybridized carbons (Fsp3) is 0.800. The smallest absolute Gasteiger partial charge is 0.414 e. The number of esters is 1. The van der Waals surface area contributed by atoms with Gasteiger partial charge in [-0.15, -0.1) is 0 Å². The van der Waals surface area contributed by atoms with E-state index in [4.69, 9.17) is 9.47 Å². The molecule has 0 radical (unpaired) electrons. The quantitative estimate of drug-likeness (QED) is 0.800. The SMILES string of the molecule is CCC(C)(C)C(=O)NC(=O)OC1C2CC3C(=O)OC1C3C2. The summed E-state index contributed by atoms with van der Waals surface area (Å²) in [6, 6.07) is 0. The highest BCUT2D eigenvalue weighted by Crippen LogP contribution is 2.55. The molecule has 116 valence electrons. The summed E-state index contributed by atoms with van der Waals surface area (Å²) >= 11 is 0. The summed E-state index contributed by atoms with van der Waals surface area (Å²) in [6.07, 6.45) is 0.761. The van der Waals surface area contributed by atoms with Gasteiger partial charge in [-0.3, -0.25) is 14.9 Å². The van der Waals surface area contributed by atoms with Gasteiger partial charge in [-0.2, -0.15) is 0 Å². The molecule has 0 spiro atoms. The lowest BCUT2D eigenvalue weighted by Gasteiger charge is -2.26. The predicted octanol–water partition coefficient (Wildman–Crippen LogP) is 1.63. The Kier molecular flexibility index (Phi) is 3.22. The van der Waals surface area contributed by atoms with Crippen LogP contribution in [0.25, 0.3) is 0 Å². The molecule has 2 saturated carbocycles. The van der Waals surface area contributed by atoms with Gasteiger partial charge in [-0.1, -0.05) is 20.8 Å². The van der Waals surface area contributed by atoms with Crippen LogP contribution in [0, 0.1) is 23.2 Å². The molecule has 0 aromatic heterocycles. The zero-order valence-corrected chi connectivity index (χ0v) is 12.5. The van der Waals surface area contributed by atoms with E-state index in [1.165, 1.54) is 0 Å².